The van der Waals surface area contributed by atoms with Crippen molar-refractivity contribution in [1.29, 1.82) is 0 Å². The maximum Gasteiger partial charge on any atom is 0.255 e. The second-order valence-corrected chi connectivity index (χ2v) is 7.95. The van der Waals surface area contributed by atoms with Crippen molar-refractivity contribution < 1.29 is 28.5 Å². The Balaban J connectivity index is 1.86. The molecule has 0 bridgehead atoms. The van der Waals surface area contributed by atoms with E-state index in [1.54, 1.807) is 37.4 Å². The number of hydrogen-bond donors (Lipinski definition) is 1. The van der Waals surface area contributed by atoms with E-state index >= 15 is 0 Å². The van der Waals surface area contributed by atoms with E-state index in [-0.39, 0.29) is 12.4 Å². The predicted octanol–water partition coefficient (Wildman–Crippen LogP) is 5.51. The Hall–Kier alpha value is -3.52. The third-order valence-corrected chi connectivity index (χ3v) is 5.43. The van der Waals surface area contributed by atoms with E-state index in [4.69, 9.17) is 18.9 Å². The van der Waals surface area contributed by atoms with Crippen LogP contribution in [0.5, 0.6) is 23.0 Å². The predicted molar refractivity (Wildman–Crippen MR) is 129 cm³/mol. The maximum absolute atomic E-state index is 13.0. The fraction of sp³-hybridized carbons (Fsp3) is 0.200. The smallest absolute Gasteiger partial charge is 0.255 e. The SMILES string of the molecule is COc1ccc(C(=O)Nc2cc(OC)c(OC)cc2C(C)=O)cc1COc1ccc(Br)cc1. The molecule has 3 aromatic rings. The van der Waals surface area contributed by atoms with Crippen LogP contribution in [0.1, 0.15) is 33.2 Å². The molecule has 0 aromatic heterocycles. The fourth-order valence-corrected chi connectivity index (χ4v) is 3.46. The Kier molecular flexibility index (Phi) is 7.95. The Labute approximate surface area is 200 Å². The van der Waals surface area contributed by atoms with Gasteiger partial charge in [0.05, 0.1) is 27.0 Å². The van der Waals surface area contributed by atoms with Gasteiger partial charge in [-0.25, -0.2) is 0 Å². The zero-order valence-electron chi connectivity index (χ0n) is 18.7. The summed E-state index contributed by atoms with van der Waals surface area (Å²) in [6, 6.07) is 15.6. The van der Waals surface area contributed by atoms with Crippen molar-refractivity contribution in [3.63, 3.8) is 0 Å². The number of Topliss-reactive ketones (excluding diaryl/α,β-unsaturated/α-hetero) is 1. The Morgan fingerprint density at radius 1 is 0.848 bits per heavy atom. The molecular weight excluding hydrogens is 490 g/mol. The first-order chi connectivity index (χ1) is 15.9. The van der Waals surface area contributed by atoms with E-state index < -0.39 is 5.91 Å². The van der Waals surface area contributed by atoms with Crippen LogP contribution in [-0.4, -0.2) is 33.0 Å². The van der Waals surface area contributed by atoms with Gasteiger partial charge in [0.15, 0.2) is 17.3 Å². The number of hydrogen-bond acceptors (Lipinski definition) is 6. The van der Waals surface area contributed by atoms with Crippen molar-refractivity contribution in [1.82, 2.24) is 0 Å². The average Bonchev–Trinajstić information content (AvgIpc) is 2.82. The molecule has 0 heterocycles. The number of carbonyl (C=O) groups excluding carboxylic acids is 2. The summed E-state index contributed by atoms with van der Waals surface area (Å²) in [6.45, 7) is 1.63. The number of amides is 1. The largest absolute Gasteiger partial charge is 0.496 e. The maximum atomic E-state index is 13.0. The number of carbonyl (C=O) groups is 2. The van der Waals surface area contributed by atoms with Gasteiger partial charge in [-0.2, -0.15) is 0 Å². The molecule has 0 aliphatic heterocycles. The number of ketones is 1. The van der Waals surface area contributed by atoms with Gasteiger partial charge in [0, 0.05) is 27.2 Å². The van der Waals surface area contributed by atoms with E-state index in [0.717, 1.165) is 4.47 Å². The summed E-state index contributed by atoms with van der Waals surface area (Å²) in [7, 11) is 4.52. The molecule has 8 heteroatoms. The number of rotatable bonds is 9. The molecule has 0 radical (unpaired) electrons. The molecule has 0 spiro atoms. The zero-order valence-corrected chi connectivity index (χ0v) is 20.3. The standard InChI is InChI=1S/C25H24BrNO6/c1-15(28)20-12-23(31-3)24(32-4)13-21(20)27-25(29)16-5-10-22(30-2)17(11-16)14-33-19-8-6-18(26)7-9-19/h5-13H,14H2,1-4H3,(H,27,29). The van der Waals surface area contributed by atoms with Crippen molar-refractivity contribution in [3.8, 4) is 23.0 Å². The summed E-state index contributed by atoms with van der Waals surface area (Å²) in [5, 5.41) is 2.80. The van der Waals surface area contributed by atoms with E-state index in [1.165, 1.54) is 21.1 Å². The van der Waals surface area contributed by atoms with Crippen LogP contribution in [-0.2, 0) is 6.61 Å². The van der Waals surface area contributed by atoms with Crippen LogP contribution in [0.15, 0.2) is 59.1 Å². The van der Waals surface area contributed by atoms with Crippen LogP contribution in [0.2, 0.25) is 0 Å². The summed E-state index contributed by atoms with van der Waals surface area (Å²) in [4.78, 5) is 25.2. The van der Waals surface area contributed by atoms with Gasteiger partial charge in [-0.3, -0.25) is 9.59 Å². The molecule has 0 fully saturated rings. The fourth-order valence-electron chi connectivity index (χ4n) is 3.19. The van der Waals surface area contributed by atoms with Gasteiger partial charge < -0.3 is 24.3 Å². The van der Waals surface area contributed by atoms with E-state index in [2.05, 4.69) is 21.2 Å². The number of benzene rings is 3. The molecule has 33 heavy (non-hydrogen) atoms. The zero-order chi connectivity index (χ0) is 24.0. The second-order valence-electron chi connectivity index (χ2n) is 7.03. The van der Waals surface area contributed by atoms with Gasteiger partial charge >= 0.3 is 0 Å². The topological polar surface area (TPSA) is 83.1 Å². The van der Waals surface area contributed by atoms with Crippen LogP contribution in [0.3, 0.4) is 0 Å². The second kappa shape index (κ2) is 10.9. The molecule has 0 saturated carbocycles. The van der Waals surface area contributed by atoms with Crippen molar-refractivity contribution in [2.24, 2.45) is 0 Å². The highest BCUT2D eigenvalue weighted by Crippen LogP contribution is 2.34. The van der Waals surface area contributed by atoms with Crippen LogP contribution in [0, 0.1) is 0 Å². The molecule has 7 nitrogen and oxygen atoms in total. The minimum atomic E-state index is -0.391. The van der Waals surface area contributed by atoms with Crippen LogP contribution < -0.4 is 24.3 Å². The van der Waals surface area contributed by atoms with Gasteiger partial charge in [-0.1, -0.05) is 15.9 Å². The Morgan fingerprint density at radius 2 is 1.48 bits per heavy atom. The van der Waals surface area contributed by atoms with Crippen LogP contribution in [0.25, 0.3) is 0 Å². The monoisotopic (exact) mass is 513 g/mol. The minimum Gasteiger partial charge on any atom is -0.496 e. The molecule has 0 unspecified atom stereocenters. The van der Waals surface area contributed by atoms with Crippen molar-refractivity contribution in [3.05, 3.63) is 75.8 Å². The molecule has 1 N–H and O–H groups in total. The first-order valence-corrected chi connectivity index (χ1v) is 10.8. The quantitative estimate of drug-likeness (QED) is 0.380. The molecule has 0 atom stereocenters. The number of halogens is 1. The average molecular weight is 514 g/mol. The summed E-state index contributed by atoms with van der Waals surface area (Å²) in [6.07, 6.45) is 0. The van der Waals surface area contributed by atoms with Crippen LogP contribution in [0.4, 0.5) is 5.69 Å². The molecule has 0 saturated heterocycles. The number of methoxy groups -OCH3 is 3. The van der Waals surface area contributed by atoms with Crippen molar-refractivity contribution in [2.75, 3.05) is 26.6 Å². The third-order valence-electron chi connectivity index (χ3n) is 4.90. The lowest BCUT2D eigenvalue weighted by molar-refractivity contribution is 0.101. The van der Waals surface area contributed by atoms with E-state index in [9.17, 15) is 9.59 Å². The highest BCUT2D eigenvalue weighted by Gasteiger charge is 2.18. The number of ether oxygens (including phenoxy) is 4. The molecule has 1 amide bonds. The molecule has 3 aromatic carbocycles. The third kappa shape index (κ3) is 5.84. The first-order valence-electron chi connectivity index (χ1n) is 9.99. The Bertz CT molecular complexity index is 1160. The van der Waals surface area contributed by atoms with Gasteiger partial charge in [0.1, 0.15) is 18.1 Å². The Morgan fingerprint density at radius 3 is 2.09 bits per heavy atom. The molecule has 172 valence electrons. The molecule has 3 rings (SSSR count). The van der Waals surface area contributed by atoms with Crippen molar-refractivity contribution in [2.45, 2.75) is 13.5 Å². The summed E-state index contributed by atoms with van der Waals surface area (Å²) in [5.41, 5.74) is 1.73. The van der Waals surface area contributed by atoms with E-state index in [1.807, 2.05) is 24.3 Å². The van der Waals surface area contributed by atoms with Crippen LogP contribution >= 0.6 is 15.9 Å². The first kappa shape index (κ1) is 24.1. The summed E-state index contributed by atoms with van der Waals surface area (Å²) in [5.74, 6) is 1.47. The minimum absolute atomic E-state index is 0.209. The highest BCUT2D eigenvalue weighted by molar-refractivity contribution is 9.10. The van der Waals surface area contributed by atoms with Gasteiger partial charge in [0.25, 0.3) is 5.91 Å². The molecular formula is C25H24BrNO6. The lowest BCUT2D eigenvalue weighted by Gasteiger charge is -2.15. The molecule has 0 aliphatic rings. The lowest BCUT2D eigenvalue weighted by atomic mass is 10.1. The summed E-state index contributed by atoms with van der Waals surface area (Å²) >= 11 is 3.39. The number of nitrogens with one attached hydrogen (secondary N) is 1. The number of anilines is 1. The molecule has 0 aliphatic carbocycles. The van der Waals surface area contributed by atoms with Crippen molar-refractivity contribution >= 4 is 33.3 Å². The van der Waals surface area contributed by atoms with E-state index in [0.29, 0.717) is 45.4 Å². The van der Waals surface area contributed by atoms with Gasteiger partial charge in [-0.15, -0.1) is 0 Å². The normalized spacial score (nSPS) is 10.3. The summed E-state index contributed by atoms with van der Waals surface area (Å²) < 4.78 is 22.8. The lowest BCUT2D eigenvalue weighted by Crippen LogP contribution is -2.15. The highest BCUT2D eigenvalue weighted by atomic mass is 79.9. The van der Waals surface area contributed by atoms with Gasteiger partial charge in [0.2, 0.25) is 0 Å². The van der Waals surface area contributed by atoms with Gasteiger partial charge in [-0.05, 0) is 55.5 Å².